The zero-order valence-electron chi connectivity index (χ0n) is 11.0. The van der Waals surface area contributed by atoms with E-state index in [2.05, 4.69) is 4.74 Å². The first kappa shape index (κ1) is 16.1. The Balaban J connectivity index is 2.12. The lowest BCUT2D eigenvalue weighted by molar-refractivity contribution is 0.0595. The Morgan fingerprint density at radius 1 is 1.24 bits per heavy atom. The van der Waals surface area contributed by atoms with Crippen LogP contribution in [0.1, 0.15) is 15.9 Å². The summed E-state index contributed by atoms with van der Waals surface area (Å²) in [7, 11) is 1.21. The van der Waals surface area contributed by atoms with Gasteiger partial charge in [0.25, 0.3) is 0 Å². The maximum Gasteiger partial charge on any atom is 0.340 e. The molecule has 21 heavy (non-hydrogen) atoms. The molecule has 0 aliphatic rings. The molecule has 0 saturated heterocycles. The van der Waals surface area contributed by atoms with E-state index in [1.54, 1.807) is 24.3 Å². The second-order valence-electron chi connectivity index (χ2n) is 4.17. The van der Waals surface area contributed by atoms with Gasteiger partial charge in [0.05, 0.1) is 17.7 Å². The fourth-order valence-corrected chi connectivity index (χ4v) is 3.11. The van der Waals surface area contributed by atoms with E-state index in [1.807, 2.05) is 0 Å². The highest BCUT2D eigenvalue weighted by Gasteiger charge is 2.12. The molecule has 0 spiro atoms. The first-order valence-electron chi connectivity index (χ1n) is 5.96. The van der Waals surface area contributed by atoms with E-state index < -0.39 is 11.8 Å². The van der Waals surface area contributed by atoms with E-state index in [4.69, 9.17) is 23.2 Å². The summed E-state index contributed by atoms with van der Waals surface area (Å²) < 4.78 is 18.3. The first-order chi connectivity index (χ1) is 10.0. The van der Waals surface area contributed by atoms with Gasteiger partial charge in [-0.05, 0) is 35.9 Å². The first-order valence-corrected chi connectivity index (χ1v) is 7.70. The molecular formula is C15H11Cl2FO2S. The van der Waals surface area contributed by atoms with Crippen molar-refractivity contribution < 1.29 is 13.9 Å². The highest BCUT2D eigenvalue weighted by Crippen LogP contribution is 2.32. The van der Waals surface area contributed by atoms with Crippen molar-refractivity contribution >= 4 is 40.9 Å². The van der Waals surface area contributed by atoms with E-state index in [0.717, 1.165) is 10.5 Å². The van der Waals surface area contributed by atoms with Gasteiger partial charge in [0.15, 0.2) is 0 Å². The van der Waals surface area contributed by atoms with Crippen molar-refractivity contribution in [2.24, 2.45) is 0 Å². The molecule has 0 bridgehead atoms. The van der Waals surface area contributed by atoms with E-state index in [9.17, 15) is 9.18 Å². The average molecular weight is 345 g/mol. The van der Waals surface area contributed by atoms with Crippen LogP contribution in [0.15, 0.2) is 41.3 Å². The Morgan fingerprint density at radius 2 is 2.00 bits per heavy atom. The van der Waals surface area contributed by atoms with E-state index in [1.165, 1.54) is 31.0 Å². The van der Waals surface area contributed by atoms with E-state index >= 15 is 0 Å². The van der Waals surface area contributed by atoms with Gasteiger partial charge in [0.2, 0.25) is 0 Å². The third-order valence-corrected chi connectivity index (χ3v) is 4.53. The van der Waals surface area contributed by atoms with Crippen LogP contribution in [0.3, 0.4) is 0 Å². The second-order valence-corrected chi connectivity index (χ2v) is 6.03. The van der Waals surface area contributed by atoms with Crippen molar-refractivity contribution in [3.8, 4) is 0 Å². The minimum atomic E-state index is -0.690. The zero-order chi connectivity index (χ0) is 15.4. The summed E-state index contributed by atoms with van der Waals surface area (Å²) >= 11 is 13.4. The minimum absolute atomic E-state index is 0.0768. The summed E-state index contributed by atoms with van der Waals surface area (Å²) in [5.74, 6) is -0.778. The topological polar surface area (TPSA) is 26.3 Å². The third-order valence-electron chi connectivity index (χ3n) is 2.73. The van der Waals surface area contributed by atoms with Crippen molar-refractivity contribution in [1.29, 1.82) is 0 Å². The fraction of sp³-hybridized carbons (Fsp3) is 0.133. The van der Waals surface area contributed by atoms with Gasteiger partial charge in [-0.15, -0.1) is 11.8 Å². The number of thioether (sulfide) groups is 1. The lowest BCUT2D eigenvalue weighted by atomic mass is 10.1. The summed E-state index contributed by atoms with van der Waals surface area (Å²) in [6.45, 7) is 0. The van der Waals surface area contributed by atoms with Gasteiger partial charge in [0, 0.05) is 15.7 Å². The monoisotopic (exact) mass is 344 g/mol. The van der Waals surface area contributed by atoms with Gasteiger partial charge in [-0.3, -0.25) is 0 Å². The Labute approximate surface area is 136 Å². The number of esters is 1. The summed E-state index contributed by atoms with van der Waals surface area (Å²) in [6.07, 6.45) is 0. The van der Waals surface area contributed by atoms with Crippen molar-refractivity contribution in [3.05, 3.63) is 63.4 Å². The molecule has 2 aromatic rings. The highest BCUT2D eigenvalue weighted by atomic mass is 35.5. The number of rotatable bonds is 4. The molecule has 0 aromatic heterocycles. The average Bonchev–Trinajstić information content (AvgIpc) is 2.47. The van der Waals surface area contributed by atoms with Crippen LogP contribution in [0.2, 0.25) is 10.0 Å². The normalized spacial score (nSPS) is 10.5. The molecule has 0 amide bonds. The molecule has 0 aliphatic heterocycles. The predicted octanol–water partition coefficient (Wildman–Crippen LogP) is 5.21. The predicted molar refractivity (Wildman–Crippen MR) is 83.8 cm³/mol. The number of ether oxygens (including phenoxy) is 1. The highest BCUT2D eigenvalue weighted by molar-refractivity contribution is 7.98. The van der Waals surface area contributed by atoms with Crippen LogP contribution in [0.25, 0.3) is 0 Å². The van der Waals surface area contributed by atoms with Crippen LogP contribution in [0, 0.1) is 5.82 Å². The Morgan fingerprint density at radius 3 is 2.67 bits per heavy atom. The molecule has 6 heteroatoms. The van der Waals surface area contributed by atoms with Crippen LogP contribution >= 0.6 is 35.0 Å². The van der Waals surface area contributed by atoms with Crippen LogP contribution in [-0.2, 0) is 10.5 Å². The molecule has 110 valence electrons. The number of carbonyl (C=O) groups is 1. The molecule has 0 fully saturated rings. The summed E-state index contributed by atoms with van der Waals surface area (Å²) in [5.41, 5.74) is 0.660. The number of hydrogen-bond donors (Lipinski definition) is 0. The second kappa shape index (κ2) is 7.16. The summed E-state index contributed by atoms with van der Waals surface area (Å²) in [5, 5.41) is 1.19. The largest absolute Gasteiger partial charge is 0.465 e. The fourth-order valence-electron chi connectivity index (χ4n) is 1.67. The minimum Gasteiger partial charge on any atom is -0.465 e. The number of carbonyl (C=O) groups excluding carboxylic acids is 1. The number of hydrogen-bond acceptors (Lipinski definition) is 3. The molecule has 0 heterocycles. The molecular weight excluding hydrogens is 334 g/mol. The van der Waals surface area contributed by atoms with Crippen molar-refractivity contribution in [2.75, 3.05) is 7.11 Å². The Hall–Kier alpha value is -1.23. The standard InChI is InChI=1S/C15H11Cl2FO2S/c1-20-15(19)11-4-2-9(6-13(11)18)8-21-14-7-10(16)3-5-12(14)17/h2-7H,8H2,1H3. The van der Waals surface area contributed by atoms with Crippen LogP contribution < -0.4 is 0 Å². The number of benzene rings is 2. The van der Waals surface area contributed by atoms with E-state index in [-0.39, 0.29) is 5.56 Å². The molecule has 0 saturated carbocycles. The molecule has 0 unspecified atom stereocenters. The van der Waals surface area contributed by atoms with Gasteiger partial charge in [-0.25, -0.2) is 9.18 Å². The van der Waals surface area contributed by atoms with Crippen LogP contribution in [0.5, 0.6) is 0 Å². The van der Waals surface area contributed by atoms with Crippen LogP contribution in [0.4, 0.5) is 4.39 Å². The van der Waals surface area contributed by atoms with Gasteiger partial charge >= 0.3 is 5.97 Å². The number of methoxy groups -OCH3 is 1. The lowest BCUT2D eigenvalue weighted by Crippen LogP contribution is -2.04. The van der Waals surface area contributed by atoms with Crippen molar-refractivity contribution in [1.82, 2.24) is 0 Å². The lowest BCUT2D eigenvalue weighted by Gasteiger charge is -2.07. The number of halogens is 3. The molecule has 2 aromatic carbocycles. The quantitative estimate of drug-likeness (QED) is 0.562. The van der Waals surface area contributed by atoms with E-state index in [0.29, 0.717) is 15.8 Å². The molecule has 0 aliphatic carbocycles. The molecule has 0 radical (unpaired) electrons. The van der Waals surface area contributed by atoms with Gasteiger partial charge in [-0.1, -0.05) is 29.3 Å². The molecule has 0 N–H and O–H groups in total. The Kier molecular flexibility index (Phi) is 5.51. The summed E-state index contributed by atoms with van der Waals surface area (Å²) in [4.78, 5) is 12.1. The van der Waals surface area contributed by atoms with Crippen molar-refractivity contribution in [3.63, 3.8) is 0 Å². The van der Waals surface area contributed by atoms with Crippen molar-refractivity contribution in [2.45, 2.75) is 10.6 Å². The smallest absolute Gasteiger partial charge is 0.340 e. The maximum atomic E-state index is 13.8. The SMILES string of the molecule is COC(=O)c1ccc(CSc2cc(Cl)ccc2Cl)cc1F. The third kappa shape index (κ3) is 4.13. The molecule has 0 atom stereocenters. The zero-order valence-corrected chi connectivity index (χ0v) is 13.4. The maximum absolute atomic E-state index is 13.8. The van der Waals surface area contributed by atoms with Gasteiger partial charge in [0.1, 0.15) is 5.82 Å². The Bertz CT molecular complexity index is 677. The molecule has 2 nitrogen and oxygen atoms in total. The summed E-state index contributed by atoms with van der Waals surface area (Å²) in [6, 6.07) is 9.59. The van der Waals surface area contributed by atoms with Gasteiger partial charge < -0.3 is 4.74 Å². The molecule has 2 rings (SSSR count). The van der Waals surface area contributed by atoms with Crippen LogP contribution in [-0.4, -0.2) is 13.1 Å². The van der Waals surface area contributed by atoms with Gasteiger partial charge in [-0.2, -0.15) is 0 Å².